The van der Waals surface area contributed by atoms with Crippen LogP contribution >= 0.6 is 7.60 Å². The van der Waals surface area contributed by atoms with Crippen LogP contribution in [0.2, 0.25) is 0 Å². The highest BCUT2D eigenvalue weighted by atomic mass is 31.2. The SMILES string of the molecule is CCOC(=O)CP(=O)(OCC)OC(C)(C)C. The van der Waals surface area contributed by atoms with Gasteiger partial charge in [-0.05, 0) is 34.6 Å². The van der Waals surface area contributed by atoms with E-state index in [9.17, 15) is 9.36 Å². The van der Waals surface area contributed by atoms with Gasteiger partial charge in [0.1, 0.15) is 6.16 Å². The van der Waals surface area contributed by atoms with Gasteiger partial charge in [0.15, 0.2) is 0 Å². The largest absolute Gasteiger partial charge is 0.466 e. The Bertz CT molecular complexity index is 269. The van der Waals surface area contributed by atoms with Gasteiger partial charge in [-0.25, -0.2) is 0 Å². The Hall–Kier alpha value is -0.380. The van der Waals surface area contributed by atoms with E-state index in [1.165, 1.54) is 0 Å². The summed E-state index contributed by atoms with van der Waals surface area (Å²) < 4.78 is 27.3. The summed E-state index contributed by atoms with van der Waals surface area (Å²) in [4.78, 5) is 11.3. The Morgan fingerprint density at radius 3 is 2.12 bits per heavy atom. The monoisotopic (exact) mass is 252 g/mol. The first kappa shape index (κ1) is 15.6. The van der Waals surface area contributed by atoms with E-state index in [0.717, 1.165) is 0 Å². The van der Waals surface area contributed by atoms with E-state index in [4.69, 9.17) is 13.8 Å². The molecule has 0 amide bonds. The number of esters is 1. The average Bonchev–Trinajstić information content (AvgIpc) is 1.99. The molecule has 0 aliphatic carbocycles. The molecular formula is C10H21O5P. The lowest BCUT2D eigenvalue weighted by atomic mass is 10.2. The Kier molecular flexibility index (Phi) is 6.23. The van der Waals surface area contributed by atoms with Crippen molar-refractivity contribution in [2.75, 3.05) is 19.4 Å². The first-order valence-electron chi connectivity index (χ1n) is 5.32. The lowest BCUT2D eigenvalue weighted by Crippen LogP contribution is -2.22. The van der Waals surface area contributed by atoms with E-state index >= 15 is 0 Å². The first-order chi connectivity index (χ1) is 7.22. The molecule has 0 saturated heterocycles. The lowest BCUT2D eigenvalue weighted by Gasteiger charge is -2.26. The van der Waals surface area contributed by atoms with Crippen LogP contribution in [0.3, 0.4) is 0 Å². The molecule has 0 aromatic carbocycles. The molecule has 0 heterocycles. The summed E-state index contributed by atoms with van der Waals surface area (Å²) in [5.74, 6) is -0.566. The number of carbonyl (C=O) groups is 1. The maximum atomic E-state index is 12.2. The minimum absolute atomic E-state index is 0.229. The van der Waals surface area contributed by atoms with Crippen LogP contribution in [0.1, 0.15) is 34.6 Å². The standard InChI is InChI=1S/C10H21O5P/c1-6-13-9(11)8-16(12,14-7-2)15-10(3,4)5/h6-8H2,1-5H3. The van der Waals surface area contributed by atoms with Crippen molar-refractivity contribution in [3.8, 4) is 0 Å². The molecule has 0 saturated carbocycles. The summed E-state index contributed by atoms with van der Waals surface area (Å²) in [5, 5.41) is 0. The van der Waals surface area contributed by atoms with Gasteiger partial charge in [0.25, 0.3) is 0 Å². The quantitative estimate of drug-likeness (QED) is 0.537. The van der Waals surface area contributed by atoms with Crippen LogP contribution in [0, 0.1) is 0 Å². The Labute approximate surface area is 97.0 Å². The Morgan fingerprint density at radius 2 is 1.75 bits per heavy atom. The van der Waals surface area contributed by atoms with E-state index in [2.05, 4.69) is 0 Å². The minimum atomic E-state index is -3.40. The van der Waals surface area contributed by atoms with Gasteiger partial charge in [-0.2, -0.15) is 0 Å². The summed E-state index contributed by atoms with van der Waals surface area (Å²) in [6.45, 7) is 9.13. The van der Waals surface area contributed by atoms with Crippen molar-refractivity contribution in [1.29, 1.82) is 0 Å². The van der Waals surface area contributed by atoms with E-state index in [-0.39, 0.29) is 19.4 Å². The molecule has 1 unspecified atom stereocenters. The molecule has 6 heteroatoms. The highest BCUT2D eigenvalue weighted by Gasteiger charge is 2.33. The first-order valence-corrected chi connectivity index (χ1v) is 7.05. The van der Waals surface area contributed by atoms with Gasteiger partial charge < -0.3 is 13.8 Å². The van der Waals surface area contributed by atoms with E-state index in [1.807, 2.05) is 0 Å². The zero-order chi connectivity index (χ0) is 12.8. The number of hydrogen-bond donors (Lipinski definition) is 0. The van der Waals surface area contributed by atoms with Gasteiger partial charge in [0.05, 0.1) is 18.8 Å². The second-order valence-corrected chi connectivity index (χ2v) is 6.17. The maximum Gasteiger partial charge on any atom is 0.342 e. The van der Waals surface area contributed by atoms with Crippen LogP contribution in [-0.4, -0.2) is 30.9 Å². The van der Waals surface area contributed by atoms with Crippen LogP contribution in [-0.2, 0) is 23.1 Å². The number of ether oxygens (including phenoxy) is 1. The van der Waals surface area contributed by atoms with Crippen LogP contribution in [0.15, 0.2) is 0 Å². The predicted octanol–water partition coefficient (Wildman–Crippen LogP) is 2.59. The third-order valence-corrected chi connectivity index (χ3v) is 3.49. The van der Waals surface area contributed by atoms with Gasteiger partial charge >= 0.3 is 13.6 Å². The molecule has 0 spiro atoms. The highest BCUT2D eigenvalue weighted by Crippen LogP contribution is 2.51. The second-order valence-electron chi connectivity index (χ2n) is 4.20. The molecule has 0 bridgehead atoms. The number of hydrogen-bond acceptors (Lipinski definition) is 5. The van der Waals surface area contributed by atoms with Crippen molar-refractivity contribution in [1.82, 2.24) is 0 Å². The predicted molar refractivity (Wildman–Crippen MR) is 61.6 cm³/mol. The number of carbonyl (C=O) groups excluding carboxylic acids is 1. The van der Waals surface area contributed by atoms with Crippen molar-refractivity contribution in [2.24, 2.45) is 0 Å². The minimum Gasteiger partial charge on any atom is -0.466 e. The van der Waals surface area contributed by atoms with Crippen molar-refractivity contribution < 1.29 is 23.1 Å². The van der Waals surface area contributed by atoms with E-state index < -0.39 is 19.2 Å². The van der Waals surface area contributed by atoms with E-state index in [1.54, 1.807) is 34.6 Å². The third-order valence-electron chi connectivity index (χ3n) is 1.37. The zero-order valence-electron chi connectivity index (χ0n) is 10.6. The zero-order valence-corrected chi connectivity index (χ0v) is 11.5. The smallest absolute Gasteiger partial charge is 0.342 e. The van der Waals surface area contributed by atoms with Crippen LogP contribution in [0.4, 0.5) is 0 Å². The van der Waals surface area contributed by atoms with Crippen LogP contribution in [0.5, 0.6) is 0 Å². The fourth-order valence-electron chi connectivity index (χ4n) is 1.08. The molecule has 0 aliphatic rings. The molecule has 16 heavy (non-hydrogen) atoms. The topological polar surface area (TPSA) is 61.8 Å². The summed E-state index contributed by atoms with van der Waals surface area (Å²) in [6.07, 6.45) is -0.341. The van der Waals surface area contributed by atoms with Crippen molar-refractivity contribution in [3.63, 3.8) is 0 Å². The fraction of sp³-hybridized carbons (Fsp3) is 0.900. The van der Waals surface area contributed by atoms with Gasteiger partial charge in [0.2, 0.25) is 0 Å². The molecule has 0 aliphatic heterocycles. The third kappa shape index (κ3) is 6.99. The van der Waals surface area contributed by atoms with Crippen molar-refractivity contribution >= 4 is 13.6 Å². The molecule has 0 rings (SSSR count). The summed E-state index contributed by atoms with van der Waals surface area (Å²) >= 11 is 0. The lowest BCUT2D eigenvalue weighted by molar-refractivity contribution is -0.140. The van der Waals surface area contributed by atoms with Gasteiger partial charge in [-0.15, -0.1) is 0 Å². The van der Waals surface area contributed by atoms with Crippen molar-refractivity contribution in [3.05, 3.63) is 0 Å². The highest BCUT2D eigenvalue weighted by molar-refractivity contribution is 7.54. The summed E-state index contributed by atoms with van der Waals surface area (Å²) in [6, 6.07) is 0. The molecule has 1 atom stereocenters. The number of rotatable bonds is 6. The van der Waals surface area contributed by atoms with Gasteiger partial charge in [-0.3, -0.25) is 9.36 Å². The summed E-state index contributed by atoms with van der Waals surface area (Å²) in [7, 11) is -3.40. The second kappa shape index (κ2) is 6.38. The molecule has 96 valence electrons. The average molecular weight is 252 g/mol. The maximum absolute atomic E-state index is 12.2. The Morgan fingerprint density at radius 1 is 1.19 bits per heavy atom. The molecule has 0 aromatic heterocycles. The Balaban J connectivity index is 4.57. The van der Waals surface area contributed by atoms with Crippen LogP contribution < -0.4 is 0 Å². The molecule has 0 radical (unpaired) electrons. The molecule has 0 N–H and O–H groups in total. The van der Waals surface area contributed by atoms with E-state index in [0.29, 0.717) is 0 Å². The van der Waals surface area contributed by atoms with Crippen molar-refractivity contribution in [2.45, 2.75) is 40.2 Å². The fourth-order valence-corrected chi connectivity index (χ4v) is 2.93. The van der Waals surface area contributed by atoms with Gasteiger partial charge in [0, 0.05) is 0 Å². The van der Waals surface area contributed by atoms with Gasteiger partial charge in [-0.1, -0.05) is 0 Å². The van der Waals surface area contributed by atoms with Crippen LogP contribution in [0.25, 0.3) is 0 Å². The molecule has 0 aromatic rings. The normalized spacial score (nSPS) is 15.6. The molecule has 0 fully saturated rings. The molecular weight excluding hydrogens is 231 g/mol. The summed E-state index contributed by atoms with van der Waals surface area (Å²) in [5.41, 5.74) is -0.628. The molecule has 5 nitrogen and oxygen atoms in total.